The van der Waals surface area contributed by atoms with Gasteiger partial charge >= 0.3 is 0 Å². The molecule has 1 aliphatic rings. The van der Waals surface area contributed by atoms with Crippen molar-refractivity contribution in [3.05, 3.63) is 0 Å². The van der Waals surface area contributed by atoms with Crippen LogP contribution in [0.1, 0.15) is 13.3 Å². The van der Waals surface area contributed by atoms with E-state index in [0.717, 1.165) is 17.5 Å². The second-order valence-electron chi connectivity index (χ2n) is 10.2. The van der Waals surface area contributed by atoms with E-state index >= 15 is 0 Å². The number of Topliss-reactive ketones (excluding diaryl/α,β-unsaturated/α-hetero) is 1. The summed E-state index contributed by atoms with van der Waals surface area (Å²) in [5.41, 5.74) is 2.27. The first-order valence-electron chi connectivity index (χ1n) is 8.20. The Morgan fingerprint density at radius 3 is 1.45 bits per heavy atom. The molecular formula is C16H36OSi3. The molecule has 0 saturated heterocycles. The quantitative estimate of drug-likeness (QED) is 0.605. The highest BCUT2D eigenvalue weighted by Crippen LogP contribution is 2.59. The largest absolute Gasteiger partial charge is 0.299 e. The molecule has 1 aliphatic carbocycles. The molecule has 1 rings (SSSR count). The number of carbonyl (C=O) groups is 1. The van der Waals surface area contributed by atoms with E-state index in [-0.39, 0.29) is 0 Å². The maximum Gasteiger partial charge on any atom is 0.135 e. The van der Waals surface area contributed by atoms with Crippen LogP contribution in [0.5, 0.6) is 0 Å². The average Bonchev–Trinajstić information content (AvgIpc) is 2.15. The molecule has 0 amide bonds. The van der Waals surface area contributed by atoms with Gasteiger partial charge in [-0.3, -0.25) is 4.79 Å². The number of carbonyl (C=O) groups excluding carboxylic acids is 1. The second kappa shape index (κ2) is 5.51. The van der Waals surface area contributed by atoms with Crippen molar-refractivity contribution in [2.24, 2.45) is 5.92 Å². The molecule has 0 bridgehead atoms. The lowest BCUT2D eigenvalue weighted by Crippen LogP contribution is -2.53. The van der Waals surface area contributed by atoms with Crippen LogP contribution in [0.15, 0.2) is 0 Å². The predicted molar refractivity (Wildman–Crippen MR) is 100 cm³/mol. The van der Waals surface area contributed by atoms with Gasteiger partial charge in [0, 0.05) is 36.6 Å². The van der Waals surface area contributed by atoms with Crippen LogP contribution in [0, 0.1) is 5.92 Å². The Labute approximate surface area is 130 Å². The van der Waals surface area contributed by atoms with Crippen molar-refractivity contribution in [2.75, 3.05) is 0 Å². The summed E-state index contributed by atoms with van der Waals surface area (Å²) in [5.74, 6) is 0.880. The van der Waals surface area contributed by atoms with Gasteiger partial charge in [-0.15, -0.1) is 0 Å². The molecule has 4 heteroatoms. The fourth-order valence-electron chi connectivity index (χ4n) is 4.57. The lowest BCUT2D eigenvalue weighted by atomic mass is 9.87. The molecule has 4 unspecified atom stereocenters. The Morgan fingerprint density at radius 2 is 1.15 bits per heavy atom. The minimum Gasteiger partial charge on any atom is -0.299 e. The lowest BCUT2D eigenvalue weighted by molar-refractivity contribution is -0.124. The monoisotopic (exact) mass is 328 g/mol. The van der Waals surface area contributed by atoms with Gasteiger partial charge in [0.1, 0.15) is 5.78 Å². The van der Waals surface area contributed by atoms with E-state index in [1.165, 1.54) is 0 Å². The smallest absolute Gasteiger partial charge is 0.135 e. The molecule has 0 aromatic heterocycles. The minimum atomic E-state index is -1.32. The summed E-state index contributed by atoms with van der Waals surface area (Å²) < 4.78 is 0. The van der Waals surface area contributed by atoms with Gasteiger partial charge in [-0.2, -0.15) is 0 Å². The summed E-state index contributed by atoms with van der Waals surface area (Å²) in [5, 5.41) is 0. The SMILES string of the molecule is CC1C(=O)CC([Si](C)(C)C)C([Si](C)(C)C)C1[Si](C)(C)C. The van der Waals surface area contributed by atoms with E-state index in [2.05, 4.69) is 65.8 Å². The first kappa shape index (κ1) is 18.4. The van der Waals surface area contributed by atoms with Crippen LogP contribution >= 0.6 is 0 Å². The van der Waals surface area contributed by atoms with Crippen molar-refractivity contribution in [3.63, 3.8) is 0 Å². The van der Waals surface area contributed by atoms with Gasteiger partial charge in [0.15, 0.2) is 0 Å². The zero-order chi connectivity index (χ0) is 16.1. The van der Waals surface area contributed by atoms with Gasteiger partial charge < -0.3 is 0 Å². The molecular weight excluding hydrogens is 292 g/mol. The van der Waals surface area contributed by atoms with Crippen LogP contribution in [0.25, 0.3) is 0 Å². The van der Waals surface area contributed by atoms with Crippen LogP contribution in [0.2, 0.25) is 75.5 Å². The van der Waals surface area contributed by atoms with E-state index in [4.69, 9.17) is 0 Å². The number of ketones is 1. The van der Waals surface area contributed by atoms with Crippen molar-refractivity contribution in [3.8, 4) is 0 Å². The molecule has 20 heavy (non-hydrogen) atoms. The Bertz CT molecular complexity index is 371. The number of hydrogen-bond donors (Lipinski definition) is 0. The Balaban J connectivity index is 3.39. The maximum atomic E-state index is 12.6. The van der Waals surface area contributed by atoms with Crippen molar-refractivity contribution >= 4 is 30.0 Å². The zero-order valence-corrected chi connectivity index (χ0v) is 18.4. The molecule has 0 radical (unpaired) electrons. The number of rotatable bonds is 3. The Kier molecular flexibility index (Phi) is 5.06. The molecule has 0 aromatic rings. The Hall–Kier alpha value is 0.321. The van der Waals surface area contributed by atoms with Crippen molar-refractivity contribution in [1.29, 1.82) is 0 Å². The molecule has 0 aromatic carbocycles. The summed E-state index contributed by atoms with van der Waals surface area (Å²) in [6, 6.07) is 0. The summed E-state index contributed by atoms with van der Waals surface area (Å²) in [7, 11) is -3.86. The highest BCUT2D eigenvalue weighted by Gasteiger charge is 2.54. The topological polar surface area (TPSA) is 17.1 Å². The average molecular weight is 329 g/mol. The third-order valence-corrected chi connectivity index (χ3v) is 14.5. The lowest BCUT2D eigenvalue weighted by Gasteiger charge is -2.54. The molecule has 0 heterocycles. The first-order valence-corrected chi connectivity index (χ1v) is 18.9. The van der Waals surface area contributed by atoms with Crippen LogP contribution in [-0.4, -0.2) is 30.0 Å². The second-order valence-corrected chi connectivity index (χ2v) is 26.5. The highest BCUT2D eigenvalue weighted by atomic mass is 28.3. The molecule has 1 saturated carbocycles. The number of hydrogen-bond acceptors (Lipinski definition) is 1. The van der Waals surface area contributed by atoms with Gasteiger partial charge in [-0.1, -0.05) is 65.8 Å². The molecule has 1 fully saturated rings. The van der Waals surface area contributed by atoms with Crippen LogP contribution in [-0.2, 0) is 4.79 Å². The maximum absolute atomic E-state index is 12.6. The molecule has 4 atom stereocenters. The van der Waals surface area contributed by atoms with Crippen LogP contribution < -0.4 is 0 Å². The van der Waals surface area contributed by atoms with Gasteiger partial charge in [-0.25, -0.2) is 0 Å². The van der Waals surface area contributed by atoms with E-state index in [0.29, 0.717) is 17.2 Å². The van der Waals surface area contributed by atoms with E-state index in [9.17, 15) is 4.79 Å². The molecule has 0 aliphatic heterocycles. The van der Waals surface area contributed by atoms with Crippen LogP contribution in [0.3, 0.4) is 0 Å². The van der Waals surface area contributed by atoms with Gasteiger partial charge in [-0.05, 0) is 16.6 Å². The summed E-state index contributed by atoms with van der Waals surface area (Å²) >= 11 is 0. The zero-order valence-electron chi connectivity index (χ0n) is 15.4. The van der Waals surface area contributed by atoms with Crippen molar-refractivity contribution < 1.29 is 4.79 Å². The van der Waals surface area contributed by atoms with Crippen molar-refractivity contribution in [1.82, 2.24) is 0 Å². The highest BCUT2D eigenvalue weighted by molar-refractivity contribution is 6.87. The normalized spacial score (nSPS) is 33.4. The third kappa shape index (κ3) is 3.74. The standard InChI is InChI=1S/C16H36OSi3/c1-12-13(17)11-14(18(2,3)4)16(20(8,9)10)15(12)19(5,6)7/h12,14-16H,11H2,1-10H3. The van der Waals surface area contributed by atoms with Gasteiger partial charge in [0.25, 0.3) is 0 Å². The van der Waals surface area contributed by atoms with Gasteiger partial charge in [0.05, 0.1) is 0 Å². The van der Waals surface area contributed by atoms with Gasteiger partial charge in [0.2, 0.25) is 0 Å². The van der Waals surface area contributed by atoms with Crippen LogP contribution in [0.4, 0.5) is 0 Å². The Morgan fingerprint density at radius 1 is 0.750 bits per heavy atom. The summed E-state index contributed by atoms with van der Waals surface area (Å²) in [4.78, 5) is 12.6. The third-order valence-electron chi connectivity index (χ3n) is 5.40. The molecule has 1 nitrogen and oxygen atoms in total. The fourth-order valence-corrected chi connectivity index (χ4v) is 18.5. The fraction of sp³-hybridized carbons (Fsp3) is 0.938. The summed E-state index contributed by atoms with van der Waals surface area (Å²) in [6.45, 7) is 24.8. The molecule has 118 valence electrons. The van der Waals surface area contributed by atoms with E-state index in [1.54, 1.807) is 0 Å². The van der Waals surface area contributed by atoms with Crippen molar-refractivity contribution in [2.45, 2.75) is 88.9 Å². The van der Waals surface area contributed by atoms with E-state index < -0.39 is 24.2 Å². The molecule has 0 N–H and O–H groups in total. The predicted octanol–water partition coefficient (Wildman–Crippen LogP) is 5.72. The minimum absolute atomic E-state index is 0.311. The van der Waals surface area contributed by atoms with E-state index in [1.807, 2.05) is 0 Å². The first-order chi connectivity index (χ1) is 8.67. The molecule has 0 spiro atoms. The summed E-state index contributed by atoms with van der Waals surface area (Å²) in [6.07, 6.45) is 0.882.